The van der Waals surface area contributed by atoms with E-state index in [9.17, 15) is 23.1 Å². The Kier molecular flexibility index (Phi) is 3.93. The highest BCUT2D eigenvalue weighted by atomic mass is 19.4. The lowest BCUT2D eigenvalue weighted by Crippen LogP contribution is -2.48. The van der Waals surface area contributed by atoms with E-state index in [0.29, 0.717) is 25.3 Å². The van der Waals surface area contributed by atoms with Crippen molar-refractivity contribution < 1.29 is 23.1 Å². The van der Waals surface area contributed by atoms with Gasteiger partial charge in [0, 0.05) is 12.6 Å². The van der Waals surface area contributed by atoms with E-state index in [-0.39, 0.29) is 24.8 Å². The Labute approximate surface area is 122 Å². The van der Waals surface area contributed by atoms with E-state index in [4.69, 9.17) is 0 Å². The van der Waals surface area contributed by atoms with Crippen molar-refractivity contribution in [2.45, 2.75) is 63.2 Å². The van der Waals surface area contributed by atoms with E-state index in [0.717, 1.165) is 19.3 Å². The standard InChI is InChI=1S/C15H22F3NO2/c16-15(17,18)10-4-2-5-11(7-10)19-8-9-3-1-6-12(9)13(19)14(20)21/h9-13H,1-8H2,(H,20,21). The van der Waals surface area contributed by atoms with Crippen LogP contribution in [0.25, 0.3) is 0 Å². The minimum Gasteiger partial charge on any atom is -0.480 e. The first-order chi connectivity index (χ1) is 9.88. The number of carboxylic acid groups (broad SMARTS) is 1. The maximum absolute atomic E-state index is 13.0. The van der Waals surface area contributed by atoms with Crippen molar-refractivity contribution in [1.29, 1.82) is 0 Å². The van der Waals surface area contributed by atoms with Crippen molar-refractivity contribution in [3.8, 4) is 0 Å². The molecule has 1 aliphatic heterocycles. The van der Waals surface area contributed by atoms with Crippen molar-refractivity contribution in [1.82, 2.24) is 4.90 Å². The van der Waals surface area contributed by atoms with Crippen LogP contribution in [-0.4, -0.2) is 40.8 Å². The quantitative estimate of drug-likeness (QED) is 0.851. The second-order valence-electron chi connectivity index (χ2n) is 6.89. The SMILES string of the molecule is O=C(O)C1C2CCCC2CN1C1CCCC(C(F)(F)F)C1. The zero-order chi connectivity index (χ0) is 15.2. The molecule has 1 heterocycles. The van der Waals surface area contributed by atoms with E-state index >= 15 is 0 Å². The highest BCUT2D eigenvalue weighted by molar-refractivity contribution is 5.74. The Morgan fingerprint density at radius 2 is 1.81 bits per heavy atom. The lowest BCUT2D eigenvalue weighted by molar-refractivity contribution is -0.187. The highest BCUT2D eigenvalue weighted by Gasteiger charge is 2.52. The molecule has 0 spiro atoms. The number of nitrogens with zero attached hydrogens (tertiary/aromatic N) is 1. The molecule has 0 radical (unpaired) electrons. The van der Waals surface area contributed by atoms with E-state index < -0.39 is 24.1 Å². The number of hydrogen-bond acceptors (Lipinski definition) is 2. The Morgan fingerprint density at radius 1 is 1.10 bits per heavy atom. The van der Waals surface area contributed by atoms with Gasteiger partial charge in [0.05, 0.1) is 5.92 Å². The summed E-state index contributed by atoms with van der Waals surface area (Å²) in [5, 5.41) is 9.52. The fourth-order valence-electron chi connectivity index (χ4n) is 4.80. The van der Waals surface area contributed by atoms with E-state index in [2.05, 4.69) is 0 Å². The second kappa shape index (κ2) is 5.45. The second-order valence-corrected chi connectivity index (χ2v) is 6.89. The van der Waals surface area contributed by atoms with Crippen molar-refractivity contribution >= 4 is 5.97 Å². The lowest BCUT2D eigenvalue weighted by Gasteiger charge is -2.38. The molecule has 120 valence electrons. The zero-order valence-corrected chi connectivity index (χ0v) is 12.0. The van der Waals surface area contributed by atoms with Gasteiger partial charge in [0.25, 0.3) is 0 Å². The first-order valence-corrected chi connectivity index (χ1v) is 7.93. The number of halogens is 3. The van der Waals surface area contributed by atoms with Gasteiger partial charge in [-0.15, -0.1) is 0 Å². The van der Waals surface area contributed by atoms with Crippen molar-refractivity contribution in [3.05, 3.63) is 0 Å². The molecule has 1 N–H and O–H groups in total. The summed E-state index contributed by atoms with van der Waals surface area (Å²) in [5.74, 6) is -1.59. The fraction of sp³-hybridized carbons (Fsp3) is 0.933. The van der Waals surface area contributed by atoms with E-state index in [1.165, 1.54) is 0 Å². The van der Waals surface area contributed by atoms with Crippen LogP contribution >= 0.6 is 0 Å². The maximum Gasteiger partial charge on any atom is 0.391 e. The third-order valence-corrected chi connectivity index (χ3v) is 5.76. The number of carboxylic acids is 1. The van der Waals surface area contributed by atoms with Gasteiger partial charge >= 0.3 is 12.1 Å². The van der Waals surface area contributed by atoms with Gasteiger partial charge in [-0.25, -0.2) is 0 Å². The number of hydrogen-bond donors (Lipinski definition) is 1. The normalized spacial score (nSPS) is 41.2. The Hall–Kier alpha value is -0.780. The Bertz CT molecular complexity index is 412. The summed E-state index contributed by atoms with van der Waals surface area (Å²) in [5.41, 5.74) is 0. The first kappa shape index (κ1) is 15.1. The van der Waals surface area contributed by atoms with Crippen LogP contribution in [0.1, 0.15) is 44.9 Å². The third-order valence-electron chi connectivity index (χ3n) is 5.76. The number of rotatable bonds is 2. The van der Waals surface area contributed by atoms with Crippen molar-refractivity contribution in [3.63, 3.8) is 0 Å². The molecule has 2 aliphatic carbocycles. The highest BCUT2D eigenvalue weighted by Crippen LogP contribution is 2.46. The predicted molar refractivity (Wildman–Crippen MR) is 70.8 cm³/mol. The summed E-state index contributed by atoms with van der Waals surface area (Å²) >= 11 is 0. The molecule has 0 bridgehead atoms. The molecule has 5 atom stereocenters. The molecular weight excluding hydrogens is 283 g/mol. The molecule has 5 unspecified atom stereocenters. The molecule has 0 aromatic carbocycles. The van der Waals surface area contributed by atoms with Gasteiger partial charge in [0.1, 0.15) is 6.04 Å². The molecule has 3 fully saturated rings. The summed E-state index contributed by atoms with van der Waals surface area (Å²) in [7, 11) is 0. The van der Waals surface area contributed by atoms with Gasteiger partial charge in [-0.2, -0.15) is 13.2 Å². The topological polar surface area (TPSA) is 40.5 Å². The van der Waals surface area contributed by atoms with E-state index in [1.54, 1.807) is 0 Å². The van der Waals surface area contributed by atoms with Gasteiger partial charge in [-0.1, -0.05) is 12.8 Å². The Morgan fingerprint density at radius 3 is 2.48 bits per heavy atom. The maximum atomic E-state index is 13.0. The molecule has 2 saturated carbocycles. The van der Waals surface area contributed by atoms with Gasteiger partial charge < -0.3 is 5.11 Å². The average molecular weight is 305 g/mol. The third kappa shape index (κ3) is 2.79. The van der Waals surface area contributed by atoms with Crippen LogP contribution in [0.3, 0.4) is 0 Å². The molecule has 0 aromatic rings. The van der Waals surface area contributed by atoms with Gasteiger partial charge in [-0.05, 0) is 43.9 Å². The minimum absolute atomic E-state index is 0.0761. The largest absolute Gasteiger partial charge is 0.480 e. The molecule has 1 saturated heterocycles. The molecule has 3 nitrogen and oxygen atoms in total. The summed E-state index contributed by atoms with van der Waals surface area (Å²) < 4.78 is 38.9. The van der Waals surface area contributed by atoms with Crippen molar-refractivity contribution in [2.75, 3.05) is 6.54 Å². The summed E-state index contributed by atoms with van der Waals surface area (Å²) in [6.45, 7) is 0.677. The van der Waals surface area contributed by atoms with Gasteiger partial charge in [-0.3, -0.25) is 9.69 Å². The summed E-state index contributed by atoms with van der Waals surface area (Å²) in [6, 6.07) is -0.772. The minimum atomic E-state index is -4.15. The first-order valence-electron chi connectivity index (χ1n) is 7.93. The van der Waals surface area contributed by atoms with Crippen LogP contribution in [0.4, 0.5) is 13.2 Å². The van der Waals surface area contributed by atoms with Crippen LogP contribution in [0.2, 0.25) is 0 Å². The number of alkyl halides is 3. The van der Waals surface area contributed by atoms with Gasteiger partial charge in [0.15, 0.2) is 0 Å². The Balaban J connectivity index is 1.74. The molecule has 3 rings (SSSR count). The molecular formula is C15H22F3NO2. The molecule has 6 heteroatoms. The van der Waals surface area contributed by atoms with Crippen molar-refractivity contribution in [2.24, 2.45) is 17.8 Å². The number of aliphatic carboxylic acids is 1. The van der Waals surface area contributed by atoms with Crippen LogP contribution < -0.4 is 0 Å². The lowest BCUT2D eigenvalue weighted by atomic mass is 9.84. The summed E-state index contributed by atoms with van der Waals surface area (Å²) in [6.07, 6.45) is 0.373. The molecule has 21 heavy (non-hydrogen) atoms. The van der Waals surface area contributed by atoms with Crippen LogP contribution in [0.5, 0.6) is 0 Å². The molecule has 3 aliphatic rings. The van der Waals surface area contributed by atoms with Gasteiger partial charge in [0.2, 0.25) is 0 Å². The molecule has 0 amide bonds. The fourth-order valence-corrected chi connectivity index (χ4v) is 4.80. The number of carbonyl (C=O) groups is 1. The number of fused-ring (bicyclic) bond motifs is 1. The molecule has 0 aromatic heterocycles. The smallest absolute Gasteiger partial charge is 0.391 e. The van der Waals surface area contributed by atoms with E-state index in [1.807, 2.05) is 4.90 Å². The average Bonchev–Trinajstić information content (AvgIpc) is 2.97. The van der Waals surface area contributed by atoms with Crippen LogP contribution in [0, 0.1) is 17.8 Å². The van der Waals surface area contributed by atoms with Crippen LogP contribution in [0.15, 0.2) is 0 Å². The number of likely N-dealkylation sites (tertiary alicyclic amines) is 1. The zero-order valence-electron chi connectivity index (χ0n) is 12.0. The monoisotopic (exact) mass is 305 g/mol. The summed E-state index contributed by atoms with van der Waals surface area (Å²) in [4.78, 5) is 13.5. The predicted octanol–water partition coefficient (Wildman–Crippen LogP) is 3.29. The van der Waals surface area contributed by atoms with Crippen LogP contribution in [-0.2, 0) is 4.79 Å².